The molecule has 0 bridgehead atoms. The monoisotopic (exact) mass is 438 g/mol. The van der Waals surface area contributed by atoms with E-state index in [0.717, 1.165) is 10.0 Å². The Morgan fingerprint density at radius 1 is 1.04 bits per heavy atom. The van der Waals surface area contributed by atoms with Crippen molar-refractivity contribution in [3.63, 3.8) is 0 Å². The lowest BCUT2D eigenvalue weighted by Gasteiger charge is -2.08. The van der Waals surface area contributed by atoms with Gasteiger partial charge in [0.15, 0.2) is 6.61 Å². The average Bonchev–Trinajstić information content (AvgIpc) is 2.62. The Morgan fingerprint density at radius 2 is 1.81 bits per heavy atom. The van der Waals surface area contributed by atoms with E-state index in [0.29, 0.717) is 10.6 Å². The number of ether oxygens (including phenoxy) is 1. The number of carbonyl (C=O) groups is 3. The second kappa shape index (κ2) is 9.94. The highest BCUT2D eigenvalue weighted by Crippen LogP contribution is 2.11. The van der Waals surface area contributed by atoms with Crippen LogP contribution in [0, 0.1) is 0 Å². The molecule has 0 radical (unpaired) electrons. The van der Waals surface area contributed by atoms with E-state index in [9.17, 15) is 14.4 Å². The van der Waals surface area contributed by atoms with E-state index < -0.39 is 24.4 Å². The van der Waals surface area contributed by atoms with Crippen molar-refractivity contribution in [1.29, 1.82) is 0 Å². The van der Waals surface area contributed by atoms with Crippen LogP contribution in [0.25, 0.3) is 0 Å². The second-order valence-electron chi connectivity index (χ2n) is 5.26. The minimum Gasteiger partial charge on any atom is -0.454 e. The van der Waals surface area contributed by atoms with Crippen molar-refractivity contribution in [3.05, 3.63) is 69.2 Å². The number of nitrogens with one attached hydrogen (secondary N) is 2. The fourth-order valence-electron chi connectivity index (χ4n) is 1.98. The van der Waals surface area contributed by atoms with Crippen molar-refractivity contribution in [2.45, 2.75) is 6.54 Å². The molecule has 0 spiro atoms. The van der Waals surface area contributed by atoms with Crippen LogP contribution in [-0.4, -0.2) is 30.9 Å². The fourth-order valence-corrected chi connectivity index (χ4v) is 2.59. The first-order valence-electron chi connectivity index (χ1n) is 7.64. The predicted octanol–water partition coefficient (Wildman–Crippen LogP) is 2.69. The molecule has 0 aromatic heterocycles. The first-order valence-corrected chi connectivity index (χ1v) is 8.81. The van der Waals surface area contributed by atoms with Crippen molar-refractivity contribution in [1.82, 2.24) is 10.6 Å². The number of amides is 2. The Kier molecular flexibility index (Phi) is 7.62. The first kappa shape index (κ1) is 19.9. The molecule has 0 saturated carbocycles. The number of hydrogen-bond donors (Lipinski definition) is 2. The Morgan fingerprint density at radius 3 is 2.54 bits per heavy atom. The van der Waals surface area contributed by atoms with E-state index in [4.69, 9.17) is 16.3 Å². The van der Waals surface area contributed by atoms with Crippen molar-refractivity contribution < 1.29 is 19.1 Å². The zero-order chi connectivity index (χ0) is 18.9. The molecule has 0 aliphatic carbocycles. The smallest absolute Gasteiger partial charge is 0.325 e. The van der Waals surface area contributed by atoms with Gasteiger partial charge in [0.1, 0.15) is 6.54 Å². The van der Waals surface area contributed by atoms with Crippen molar-refractivity contribution >= 4 is 45.3 Å². The summed E-state index contributed by atoms with van der Waals surface area (Å²) < 4.78 is 5.58. The summed E-state index contributed by atoms with van der Waals surface area (Å²) >= 11 is 9.12. The van der Waals surface area contributed by atoms with Gasteiger partial charge in [-0.3, -0.25) is 14.4 Å². The van der Waals surface area contributed by atoms with E-state index in [2.05, 4.69) is 26.6 Å². The third-order valence-corrected chi connectivity index (χ3v) is 3.95. The maximum absolute atomic E-state index is 11.9. The highest BCUT2D eigenvalue weighted by molar-refractivity contribution is 9.10. The maximum atomic E-state index is 11.9. The summed E-state index contributed by atoms with van der Waals surface area (Å²) in [4.78, 5) is 35.2. The molecule has 2 aromatic rings. The zero-order valence-corrected chi connectivity index (χ0v) is 16.0. The van der Waals surface area contributed by atoms with Gasteiger partial charge < -0.3 is 15.4 Å². The van der Waals surface area contributed by atoms with E-state index in [1.165, 1.54) is 0 Å². The predicted molar refractivity (Wildman–Crippen MR) is 101 cm³/mol. The van der Waals surface area contributed by atoms with Gasteiger partial charge in [0.25, 0.3) is 11.8 Å². The van der Waals surface area contributed by atoms with Crippen molar-refractivity contribution in [2.24, 2.45) is 0 Å². The lowest BCUT2D eigenvalue weighted by molar-refractivity contribution is -0.147. The number of hydrogen-bond acceptors (Lipinski definition) is 4. The summed E-state index contributed by atoms with van der Waals surface area (Å²) in [6, 6.07) is 13.8. The number of halogens is 2. The Bertz CT molecular complexity index is 813. The second-order valence-corrected chi connectivity index (χ2v) is 6.61. The van der Waals surface area contributed by atoms with Gasteiger partial charge in [-0.1, -0.05) is 45.7 Å². The van der Waals surface area contributed by atoms with Crippen LogP contribution >= 0.6 is 27.5 Å². The van der Waals surface area contributed by atoms with Crippen LogP contribution in [0.1, 0.15) is 15.9 Å². The summed E-state index contributed by atoms with van der Waals surface area (Å²) in [5, 5.41) is 5.62. The molecule has 0 saturated heterocycles. The molecule has 0 aliphatic rings. The largest absolute Gasteiger partial charge is 0.454 e. The molecular weight excluding hydrogens is 424 g/mol. The van der Waals surface area contributed by atoms with Crippen LogP contribution in [0.15, 0.2) is 53.0 Å². The molecule has 6 nitrogen and oxygen atoms in total. The van der Waals surface area contributed by atoms with Crippen LogP contribution < -0.4 is 10.6 Å². The topological polar surface area (TPSA) is 84.5 Å². The van der Waals surface area contributed by atoms with E-state index in [-0.39, 0.29) is 13.1 Å². The molecule has 0 unspecified atom stereocenters. The van der Waals surface area contributed by atoms with Gasteiger partial charge in [-0.05, 0) is 35.9 Å². The van der Waals surface area contributed by atoms with Crippen LogP contribution in [0.3, 0.4) is 0 Å². The van der Waals surface area contributed by atoms with Gasteiger partial charge in [-0.2, -0.15) is 0 Å². The molecule has 0 atom stereocenters. The highest BCUT2D eigenvalue weighted by Gasteiger charge is 2.11. The highest BCUT2D eigenvalue weighted by atomic mass is 79.9. The molecule has 2 aromatic carbocycles. The Labute approximate surface area is 164 Å². The zero-order valence-electron chi connectivity index (χ0n) is 13.6. The third-order valence-electron chi connectivity index (χ3n) is 3.22. The molecule has 2 amide bonds. The van der Waals surface area contributed by atoms with Gasteiger partial charge in [0.2, 0.25) is 0 Å². The number of carbonyl (C=O) groups excluding carboxylic acids is 3. The van der Waals surface area contributed by atoms with Crippen molar-refractivity contribution in [2.75, 3.05) is 13.2 Å². The molecule has 8 heteroatoms. The molecule has 26 heavy (non-hydrogen) atoms. The van der Waals surface area contributed by atoms with E-state index in [1.54, 1.807) is 42.5 Å². The van der Waals surface area contributed by atoms with Crippen LogP contribution in [-0.2, 0) is 20.9 Å². The lowest BCUT2D eigenvalue weighted by atomic mass is 10.2. The summed E-state index contributed by atoms with van der Waals surface area (Å²) in [7, 11) is 0. The normalized spacial score (nSPS) is 10.1. The third kappa shape index (κ3) is 6.85. The molecule has 0 heterocycles. The first-order chi connectivity index (χ1) is 12.4. The van der Waals surface area contributed by atoms with Gasteiger partial charge >= 0.3 is 5.97 Å². The SMILES string of the molecule is O=C(COC(=O)CNC(=O)c1cccc(Br)c1)NCc1cccc(Cl)c1. The van der Waals surface area contributed by atoms with Gasteiger partial charge in [-0.15, -0.1) is 0 Å². The van der Waals surface area contributed by atoms with E-state index >= 15 is 0 Å². The summed E-state index contributed by atoms with van der Waals surface area (Å²) in [6.45, 7) is -0.477. The van der Waals surface area contributed by atoms with Gasteiger partial charge in [0, 0.05) is 21.6 Å². The Balaban J connectivity index is 1.68. The molecule has 0 aliphatic heterocycles. The quantitative estimate of drug-likeness (QED) is 0.650. The molecule has 2 rings (SSSR count). The standard InChI is InChI=1S/C18H16BrClN2O4/c19-14-5-2-4-13(8-14)18(25)22-10-17(24)26-11-16(23)21-9-12-3-1-6-15(20)7-12/h1-8H,9-11H2,(H,21,23)(H,22,25). The van der Waals surface area contributed by atoms with Crippen LogP contribution in [0.4, 0.5) is 0 Å². The summed E-state index contributed by atoms with van der Waals surface area (Å²) in [5.41, 5.74) is 1.24. The lowest BCUT2D eigenvalue weighted by Crippen LogP contribution is -2.33. The van der Waals surface area contributed by atoms with Crippen LogP contribution in [0.5, 0.6) is 0 Å². The average molecular weight is 440 g/mol. The van der Waals surface area contributed by atoms with Gasteiger partial charge in [-0.25, -0.2) is 0 Å². The van der Waals surface area contributed by atoms with Crippen LogP contribution in [0.2, 0.25) is 5.02 Å². The minimum atomic E-state index is -0.703. The molecule has 136 valence electrons. The Hall–Kier alpha value is -2.38. The fraction of sp³-hybridized carbons (Fsp3) is 0.167. The summed E-state index contributed by atoms with van der Waals surface area (Å²) in [5.74, 6) is -1.56. The summed E-state index contributed by atoms with van der Waals surface area (Å²) in [6.07, 6.45) is 0. The molecule has 0 fully saturated rings. The number of rotatable bonds is 7. The number of benzene rings is 2. The molecular formula is C18H16BrClN2O4. The number of esters is 1. The van der Waals surface area contributed by atoms with E-state index in [1.807, 2.05) is 6.07 Å². The minimum absolute atomic E-state index is 0.274. The van der Waals surface area contributed by atoms with Gasteiger partial charge in [0.05, 0.1) is 0 Å². The molecule has 2 N–H and O–H groups in total. The maximum Gasteiger partial charge on any atom is 0.325 e. The van der Waals surface area contributed by atoms with Crippen molar-refractivity contribution in [3.8, 4) is 0 Å².